The molecule has 1 aromatic carbocycles. The first-order valence-electron chi connectivity index (χ1n) is 6.54. The first-order chi connectivity index (χ1) is 8.94. The summed E-state index contributed by atoms with van der Waals surface area (Å²) in [6, 6.07) is 6.08. The Labute approximate surface area is 112 Å². The number of aromatic amines is 1. The van der Waals surface area contributed by atoms with Crippen LogP contribution in [0.4, 0.5) is 0 Å². The van der Waals surface area contributed by atoms with Crippen molar-refractivity contribution in [3.8, 4) is 0 Å². The number of hydrogen-bond donors (Lipinski definition) is 1. The lowest BCUT2D eigenvalue weighted by atomic mass is 9.96. The zero-order valence-electron chi connectivity index (χ0n) is 11.4. The van der Waals surface area contributed by atoms with E-state index in [0.29, 0.717) is 0 Å². The zero-order valence-corrected chi connectivity index (χ0v) is 11.4. The second kappa shape index (κ2) is 3.78. The number of aliphatic imine (C=N–C) groups is 1. The summed E-state index contributed by atoms with van der Waals surface area (Å²) in [4.78, 5) is 22.5. The highest BCUT2D eigenvalue weighted by Gasteiger charge is 2.44. The van der Waals surface area contributed by atoms with Gasteiger partial charge in [0.25, 0.3) is 0 Å². The Balaban J connectivity index is 2.09. The van der Waals surface area contributed by atoms with Crippen LogP contribution in [-0.4, -0.2) is 16.0 Å². The molecule has 4 nitrogen and oxygen atoms in total. The topological polar surface area (TPSA) is 58.1 Å². The van der Waals surface area contributed by atoms with E-state index in [9.17, 15) is 4.79 Å². The van der Waals surface area contributed by atoms with E-state index in [4.69, 9.17) is 0 Å². The maximum atomic E-state index is 10.5. The molecule has 19 heavy (non-hydrogen) atoms. The predicted octanol–water partition coefficient (Wildman–Crippen LogP) is 3.19. The summed E-state index contributed by atoms with van der Waals surface area (Å²) in [5.41, 5.74) is 2.72. The van der Waals surface area contributed by atoms with Crippen LogP contribution in [0.3, 0.4) is 0 Å². The van der Waals surface area contributed by atoms with Crippen LogP contribution in [0.1, 0.15) is 45.0 Å². The number of benzene rings is 1. The van der Waals surface area contributed by atoms with Crippen LogP contribution in [0.5, 0.6) is 0 Å². The Kier molecular flexibility index (Phi) is 2.41. The van der Waals surface area contributed by atoms with Crippen molar-refractivity contribution in [2.24, 2.45) is 4.99 Å². The molecule has 2 aromatic rings. The van der Waals surface area contributed by atoms with Gasteiger partial charge in [0.05, 0.1) is 16.6 Å². The van der Waals surface area contributed by atoms with Gasteiger partial charge >= 0.3 is 0 Å². The van der Waals surface area contributed by atoms with E-state index in [1.807, 2.05) is 12.1 Å². The summed E-state index contributed by atoms with van der Waals surface area (Å²) in [6.07, 6.45) is 3.54. The first kappa shape index (κ1) is 12.1. The third kappa shape index (κ3) is 1.98. The van der Waals surface area contributed by atoms with Crippen molar-refractivity contribution in [1.29, 1.82) is 0 Å². The number of H-pyrrole nitrogens is 1. The number of nitrogens with one attached hydrogen (secondary N) is 1. The average Bonchev–Trinajstić information content (AvgIpc) is 2.99. The quantitative estimate of drug-likeness (QED) is 0.661. The van der Waals surface area contributed by atoms with Crippen molar-refractivity contribution < 1.29 is 4.79 Å². The molecule has 1 fully saturated rings. The van der Waals surface area contributed by atoms with Crippen LogP contribution in [0.15, 0.2) is 23.2 Å². The van der Waals surface area contributed by atoms with Crippen molar-refractivity contribution >= 4 is 17.1 Å². The van der Waals surface area contributed by atoms with Gasteiger partial charge in [0.15, 0.2) is 0 Å². The number of isocyanates is 1. The Morgan fingerprint density at radius 1 is 1.37 bits per heavy atom. The van der Waals surface area contributed by atoms with Gasteiger partial charge in [0.2, 0.25) is 6.08 Å². The summed E-state index contributed by atoms with van der Waals surface area (Å²) in [5.74, 6) is 0.975. The Bertz CT molecular complexity index is 683. The molecule has 1 heterocycles. The Morgan fingerprint density at radius 2 is 2.11 bits per heavy atom. The van der Waals surface area contributed by atoms with E-state index >= 15 is 0 Å². The normalized spacial score (nSPS) is 17.2. The average molecular weight is 255 g/mol. The summed E-state index contributed by atoms with van der Waals surface area (Å²) in [5, 5.41) is 0. The van der Waals surface area contributed by atoms with Gasteiger partial charge in [0, 0.05) is 5.41 Å². The van der Waals surface area contributed by atoms with E-state index in [1.165, 1.54) is 0 Å². The van der Waals surface area contributed by atoms with Gasteiger partial charge < -0.3 is 4.98 Å². The second-order valence-corrected chi connectivity index (χ2v) is 6.30. The minimum absolute atomic E-state index is 0.00258. The van der Waals surface area contributed by atoms with E-state index in [1.54, 1.807) is 6.08 Å². The molecule has 0 aliphatic heterocycles. The van der Waals surface area contributed by atoms with E-state index in [-0.39, 0.29) is 11.0 Å². The van der Waals surface area contributed by atoms with Crippen molar-refractivity contribution in [3.05, 3.63) is 29.6 Å². The molecule has 1 aliphatic carbocycles. The highest BCUT2D eigenvalue weighted by Crippen LogP contribution is 2.49. The molecule has 0 saturated heterocycles. The van der Waals surface area contributed by atoms with Crippen molar-refractivity contribution in [3.63, 3.8) is 0 Å². The number of hydrogen-bond acceptors (Lipinski definition) is 3. The monoisotopic (exact) mass is 255 g/mol. The molecule has 0 amide bonds. The lowest BCUT2D eigenvalue weighted by molar-refractivity contribution is 0.554. The van der Waals surface area contributed by atoms with Gasteiger partial charge in [-0.15, -0.1) is 0 Å². The number of carbonyl (C=O) groups excluding carboxylic acids is 1. The van der Waals surface area contributed by atoms with E-state index < -0.39 is 0 Å². The molecule has 1 N–H and O–H groups in total. The number of fused-ring (bicyclic) bond motifs is 1. The fourth-order valence-corrected chi connectivity index (χ4v) is 2.33. The Hall–Kier alpha value is -1.93. The third-order valence-electron chi connectivity index (χ3n) is 3.71. The lowest BCUT2D eigenvalue weighted by Gasteiger charge is -2.13. The number of nitrogens with zero attached hydrogens (tertiary/aromatic N) is 2. The fourth-order valence-electron chi connectivity index (χ4n) is 2.33. The molecule has 0 unspecified atom stereocenters. The molecule has 98 valence electrons. The van der Waals surface area contributed by atoms with Gasteiger partial charge in [-0.2, -0.15) is 4.99 Å². The van der Waals surface area contributed by atoms with Crippen molar-refractivity contribution in [1.82, 2.24) is 9.97 Å². The molecule has 1 aromatic heterocycles. The fraction of sp³-hybridized carbons (Fsp3) is 0.467. The largest absolute Gasteiger partial charge is 0.342 e. The van der Waals surface area contributed by atoms with Crippen LogP contribution in [-0.2, 0) is 15.7 Å². The molecule has 4 heteroatoms. The molecule has 1 saturated carbocycles. The van der Waals surface area contributed by atoms with E-state index in [0.717, 1.165) is 35.3 Å². The number of imidazole rings is 1. The maximum absolute atomic E-state index is 10.5. The molecule has 0 spiro atoms. The number of rotatable bonds is 2. The SMILES string of the molecule is CC(C)(C)c1nc2ccc(C3(N=C=O)CC3)cc2[nH]1. The molecule has 3 rings (SSSR count). The maximum Gasteiger partial charge on any atom is 0.235 e. The van der Waals surface area contributed by atoms with Crippen LogP contribution >= 0.6 is 0 Å². The molecule has 0 bridgehead atoms. The molecule has 0 radical (unpaired) electrons. The van der Waals surface area contributed by atoms with Crippen LogP contribution in [0.2, 0.25) is 0 Å². The standard InChI is InChI=1S/C15H17N3O/c1-14(2,3)13-17-11-5-4-10(8-12(11)18-13)15(6-7-15)16-9-19/h4-5,8H,6-7H2,1-3H3,(H,17,18). The van der Waals surface area contributed by atoms with Gasteiger partial charge in [-0.25, -0.2) is 9.78 Å². The second-order valence-electron chi connectivity index (χ2n) is 6.30. The summed E-state index contributed by atoms with van der Waals surface area (Å²) in [7, 11) is 0. The minimum Gasteiger partial charge on any atom is -0.342 e. The molecular formula is C15H17N3O. The highest BCUT2D eigenvalue weighted by molar-refractivity contribution is 5.76. The van der Waals surface area contributed by atoms with Crippen LogP contribution in [0, 0.1) is 0 Å². The van der Waals surface area contributed by atoms with Crippen LogP contribution in [0.25, 0.3) is 11.0 Å². The smallest absolute Gasteiger partial charge is 0.235 e. The van der Waals surface area contributed by atoms with Gasteiger partial charge in [-0.3, -0.25) is 0 Å². The summed E-state index contributed by atoms with van der Waals surface area (Å²) >= 11 is 0. The van der Waals surface area contributed by atoms with Crippen molar-refractivity contribution in [2.75, 3.05) is 0 Å². The minimum atomic E-state index is -0.317. The zero-order chi connectivity index (χ0) is 13.7. The predicted molar refractivity (Wildman–Crippen MR) is 73.8 cm³/mol. The lowest BCUT2D eigenvalue weighted by Crippen LogP contribution is -2.12. The molecular weight excluding hydrogens is 238 g/mol. The summed E-state index contributed by atoms with van der Waals surface area (Å²) in [6.45, 7) is 6.39. The first-order valence-corrected chi connectivity index (χ1v) is 6.54. The highest BCUT2D eigenvalue weighted by atomic mass is 16.1. The van der Waals surface area contributed by atoms with Gasteiger partial charge in [0.1, 0.15) is 5.82 Å². The van der Waals surface area contributed by atoms with E-state index in [2.05, 4.69) is 41.8 Å². The van der Waals surface area contributed by atoms with Gasteiger partial charge in [-0.05, 0) is 30.5 Å². The Morgan fingerprint density at radius 3 is 2.68 bits per heavy atom. The van der Waals surface area contributed by atoms with Crippen molar-refractivity contribution in [2.45, 2.75) is 44.6 Å². The van der Waals surface area contributed by atoms with Gasteiger partial charge in [-0.1, -0.05) is 26.8 Å². The third-order valence-corrected chi connectivity index (χ3v) is 3.71. The van der Waals surface area contributed by atoms with Crippen LogP contribution < -0.4 is 0 Å². The number of aromatic nitrogens is 2. The molecule has 1 aliphatic rings. The molecule has 0 atom stereocenters. The summed E-state index contributed by atoms with van der Waals surface area (Å²) < 4.78 is 0.